The summed E-state index contributed by atoms with van der Waals surface area (Å²) in [5.41, 5.74) is -0.685. The van der Waals surface area contributed by atoms with Gasteiger partial charge in [0.1, 0.15) is 5.01 Å². The fraction of sp³-hybridized carbons (Fsp3) is 0.778. The number of aliphatic imine (C=N–C) groups is 1. The van der Waals surface area contributed by atoms with Gasteiger partial charge in [0.25, 0.3) is 0 Å². The van der Waals surface area contributed by atoms with Crippen LogP contribution in [0.3, 0.4) is 0 Å². The summed E-state index contributed by atoms with van der Waals surface area (Å²) < 4.78 is 44.0. The Morgan fingerprint density at radius 1 is 1.36 bits per heavy atom. The summed E-state index contributed by atoms with van der Waals surface area (Å²) in [5, 5.41) is 8.09. The Kier molecular flexibility index (Phi) is 8.38. The molecule has 160 valence electrons. The third-order valence-electron chi connectivity index (χ3n) is 5.56. The van der Waals surface area contributed by atoms with Gasteiger partial charge in [0, 0.05) is 30.0 Å². The molecule has 1 aromatic rings. The van der Waals surface area contributed by atoms with E-state index >= 15 is 0 Å². The lowest BCUT2D eigenvalue weighted by molar-refractivity contribution is -0.140. The zero-order valence-electron chi connectivity index (χ0n) is 16.1. The van der Waals surface area contributed by atoms with Crippen molar-refractivity contribution in [2.45, 2.75) is 70.8 Å². The van der Waals surface area contributed by atoms with E-state index in [1.807, 2.05) is 13.8 Å². The van der Waals surface area contributed by atoms with Crippen LogP contribution in [0.15, 0.2) is 10.4 Å². The van der Waals surface area contributed by atoms with Crippen molar-refractivity contribution in [2.24, 2.45) is 10.4 Å². The van der Waals surface area contributed by atoms with Crippen molar-refractivity contribution >= 4 is 41.3 Å². The second-order valence-corrected chi connectivity index (χ2v) is 8.08. The van der Waals surface area contributed by atoms with Crippen molar-refractivity contribution in [3.63, 3.8) is 0 Å². The van der Waals surface area contributed by atoms with Crippen molar-refractivity contribution in [1.82, 2.24) is 15.6 Å². The molecular formula is C18H28F3IN4OS. The molecule has 0 bridgehead atoms. The number of halogens is 4. The Bertz CT molecular complexity index is 662. The van der Waals surface area contributed by atoms with Crippen molar-refractivity contribution in [3.05, 3.63) is 16.1 Å². The van der Waals surface area contributed by atoms with Crippen LogP contribution in [0.5, 0.6) is 0 Å². The summed E-state index contributed by atoms with van der Waals surface area (Å²) in [6.45, 7) is 5.53. The molecule has 28 heavy (non-hydrogen) atoms. The number of aromatic nitrogens is 1. The standard InChI is InChI=1S/C18H27F3N4OS.HI/c1-3-22-16(23-10-15-24-13(11-27-15)18(19,20)21)25-12-9-14(26-4-2)17(12)7-5-6-8-17;/h11-12,14H,3-10H2,1-2H3,(H2,22,23,25);1H. The minimum absolute atomic E-state index is 0. The molecule has 2 saturated carbocycles. The quantitative estimate of drug-likeness (QED) is 0.320. The van der Waals surface area contributed by atoms with Gasteiger partial charge in [0.2, 0.25) is 0 Å². The summed E-state index contributed by atoms with van der Waals surface area (Å²) in [6, 6.07) is 0.288. The average Bonchev–Trinajstić information content (AvgIpc) is 3.29. The van der Waals surface area contributed by atoms with Gasteiger partial charge in [-0.25, -0.2) is 9.98 Å². The van der Waals surface area contributed by atoms with Crippen molar-refractivity contribution in [1.29, 1.82) is 0 Å². The van der Waals surface area contributed by atoms with Gasteiger partial charge in [-0.1, -0.05) is 12.8 Å². The minimum atomic E-state index is -4.41. The highest BCUT2D eigenvalue weighted by Gasteiger charge is 2.56. The third kappa shape index (κ3) is 5.10. The lowest BCUT2D eigenvalue weighted by Crippen LogP contribution is -2.65. The summed E-state index contributed by atoms with van der Waals surface area (Å²) in [7, 11) is 0. The van der Waals surface area contributed by atoms with Crippen LogP contribution in [0.25, 0.3) is 0 Å². The highest BCUT2D eigenvalue weighted by molar-refractivity contribution is 14.0. The molecule has 0 radical (unpaired) electrons. The van der Waals surface area contributed by atoms with E-state index < -0.39 is 11.9 Å². The maximum absolute atomic E-state index is 12.7. The Morgan fingerprint density at radius 3 is 2.64 bits per heavy atom. The fourth-order valence-corrected chi connectivity index (χ4v) is 4.96. The van der Waals surface area contributed by atoms with E-state index in [4.69, 9.17) is 4.74 Å². The largest absolute Gasteiger partial charge is 0.434 e. The molecule has 2 atom stereocenters. The lowest BCUT2D eigenvalue weighted by atomic mass is 9.60. The maximum Gasteiger partial charge on any atom is 0.434 e. The van der Waals surface area contributed by atoms with E-state index in [-0.39, 0.29) is 42.0 Å². The second-order valence-electron chi connectivity index (χ2n) is 7.14. The molecule has 0 amide bonds. The number of nitrogens with one attached hydrogen (secondary N) is 2. The smallest absolute Gasteiger partial charge is 0.378 e. The molecule has 1 spiro atoms. The Hall–Kier alpha value is -0.620. The van der Waals surface area contributed by atoms with E-state index in [1.165, 1.54) is 12.8 Å². The average molecular weight is 532 g/mol. The molecule has 1 aromatic heterocycles. The molecule has 3 rings (SSSR count). The first-order valence-corrected chi connectivity index (χ1v) is 10.4. The second kappa shape index (κ2) is 9.92. The Balaban J connectivity index is 0.00000280. The number of alkyl halides is 3. The lowest BCUT2D eigenvalue weighted by Gasteiger charge is -2.54. The molecule has 2 N–H and O–H groups in total. The zero-order chi connectivity index (χ0) is 19.5. The van der Waals surface area contributed by atoms with E-state index in [0.717, 1.165) is 42.6 Å². The van der Waals surface area contributed by atoms with Gasteiger partial charge in [-0.2, -0.15) is 13.2 Å². The molecule has 0 aliphatic heterocycles. The number of guanidine groups is 1. The van der Waals surface area contributed by atoms with Gasteiger partial charge in [-0.15, -0.1) is 35.3 Å². The highest BCUT2D eigenvalue weighted by Crippen LogP contribution is 2.54. The molecule has 2 fully saturated rings. The first-order chi connectivity index (χ1) is 12.9. The molecule has 10 heteroatoms. The predicted octanol–water partition coefficient (Wildman–Crippen LogP) is 4.57. The summed E-state index contributed by atoms with van der Waals surface area (Å²) in [5.74, 6) is 0.632. The van der Waals surface area contributed by atoms with Gasteiger partial charge < -0.3 is 15.4 Å². The number of hydrogen-bond donors (Lipinski definition) is 2. The molecule has 0 aromatic carbocycles. The molecule has 2 aliphatic rings. The SMILES string of the molecule is CCNC(=NCc1nc(C(F)(F)F)cs1)NC1CC(OCC)C12CCCC2.I. The van der Waals surface area contributed by atoms with E-state index in [1.54, 1.807) is 0 Å². The van der Waals surface area contributed by atoms with Crippen LogP contribution in [0.1, 0.15) is 56.7 Å². The van der Waals surface area contributed by atoms with Gasteiger partial charge in [0.05, 0.1) is 12.6 Å². The molecule has 2 unspecified atom stereocenters. The normalized spacial score (nSPS) is 24.0. The third-order valence-corrected chi connectivity index (χ3v) is 6.39. The first kappa shape index (κ1) is 23.7. The minimum Gasteiger partial charge on any atom is -0.378 e. The number of thiazole rings is 1. The monoisotopic (exact) mass is 532 g/mol. The van der Waals surface area contributed by atoms with Crippen LogP contribution in [0.4, 0.5) is 13.2 Å². The predicted molar refractivity (Wildman–Crippen MR) is 115 cm³/mol. The number of nitrogens with zero attached hydrogens (tertiary/aromatic N) is 2. The van der Waals surface area contributed by atoms with Crippen LogP contribution in [0, 0.1) is 5.41 Å². The topological polar surface area (TPSA) is 58.5 Å². The first-order valence-electron chi connectivity index (χ1n) is 9.57. The van der Waals surface area contributed by atoms with Crippen molar-refractivity contribution < 1.29 is 17.9 Å². The molecule has 2 aliphatic carbocycles. The molecule has 1 heterocycles. The molecular weight excluding hydrogens is 504 g/mol. The van der Waals surface area contributed by atoms with E-state index in [9.17, 15) is 13.2 Å². The van der Waals surface area contributed by atoms with Gasteiger partial charge >= 0.3 is 6.18 Å². The summed E-state index contributed by atoms with van der Waals surface area (Å²) >= 11 is 0.987. The van der Waals surface area contributed by atoms with Crippen LogP contribution in [-0.2, 0) is 17.5 Å². The maximum atomic E-state index is 12.7. The molecule has 0 saturated heterocycles. The van der Waals surface area contributed by atoms with Crippen molar-refractivity contribution in [2.75, 3.05) is 13.2 Å². The summed E-state index contributed by atoms with van der Waals surface area (Å²) in [6.07, 6.45) is 1.55. The van der Waals surface area contributed by atoms with Gasteiger partial charge in [-0.05, 0) is 33.1 Å². The number of rotatable bonds is 6. The number of hydrogen-bond acceptors (Lipinski definition) is 4. The van der Waals surface area contributed by atoms with E-state index in [2.05, 4.69) is 20.6 Å². The van der Waals surface area contributed by atoms with Crippen LogP contribution in [-0.4, -0.2) is 36.2 Å². The van der Waals surface area contributed by atoms with Gasteiger partial charge in [-0.3, -0.25) is 0 Å². The zero-order valence-corrected chi connectivity index (χ0v) is 19.3. The van der Waals surface area contributed by atoms with E-state index in [0.29, 0.717) is 23.6 Å². The Labute approximate surface area is 185 Å². The molecule has 5 nitrogen and oxygen atoms in total. The summed E-state index contributed by atoms with van der Waals surface area (Å²) in [4.78, 5) is 8.11. The van der Waals surface area contributed by atoms with Gasteiger partial charge in [0.15, 0.2) is 11.7 Å². The van der Waals surface area contributed by atoms with Crippen LogP contribution >= 0.6 is 35.3 Å². The highest BCUT2D eigenvalue weighted by atomic mass is 127. The Morgan fingerprint density at radius 2 is 2.07 bits per heavy atom. The van der Waals surface area contributed by atoms with Crippen LogP contribution < -0.4 is 10.6 Å². The fourth-order valence-electron chi connectivity index (χ4n) is 4.23. The van der Waals surface area contributed by atoms with Crippen LogP contribution in [0.2, 0.25) is 0 Å². The van der Waals surface area contributed by atoms with Crippen molar-refractivity contribution in [3.8, 4) is 0 Å². The number of ether oxygens (including phenoxy) is 1.